The van der Waals surface area contributed by atoms with Gasteiger partial charge >= 0.3 is 5.69 Å². The lowest BCUT2D eigenvalue weighted by molar-refractivity contribution is -0.382. The van der Waals surface area contributed by atoms with E-state index in [2.05, 4.69) is 4.98 Å². The number of β-amino-alcohol motifs (C(OH)–C–C–N with tert-alkyl or cyclic N) is 1. The minimum absolute atomic E-state index is 0.0443. The fraction of sp³-hybridized carbons (Fsp3) is 0.364. The maximum atomic E-state index is 11.3. The molecule has 0 spiro atoms. The van der Waals surface area contributed by atoms with Gasteiger partial charge in [0.25, 0.3) is 0 Å². The number of benzene rings is 1. The van der Waals surface area contributed by atoms with Crippen LogP contribution in [0.5, 0.6) is 0 Å². The van der Waals surface area contributed by atoms with E-state index in [4.69, 9.17) is 0 Å². The average molecular weight is 265 g/mol. The number of aromatic nitrogens is 1. The summed E-state index contributed by atoms with van der Waals surface area (Å²) in [6.07, 6.45) is 0.238. The Bertz CT molecular complexity index is 613. The first-order chi connectivity index (χ1) is 8.66. The Balaban J connectivity index is 2.16. The van der Waals surface area contributed by atoms with Crippen molar-refractivity contribution in [2.75, 3.05) is 18.0 Å². The predicted octanol–water partition coefficient (Wildman–Crippen LogP) is 1.78. The minimum Gasteiger partial charge on any atom is -0.391 e. The van der Waals surface area contributed by atoms with Gasteiger partial charge in [0.15, 0.2) is 5.52 Å². The van der Waals surface area contributed by atoms with E-state index in [1.807, 2.05) is 11.0 Å². The number of hydrogen-bond donors (Lipinski definition) is 1. The number of anilines is 1. The van der Waals surface area contributed by atoms with E-state index in [0.29, 0.717) is 30.7 Å². The molecule has 1 aromatic carbocycles. The van der Waals surface area contributed by atoms with Gasteiger partial charge in [-0.3, -0.25) is 10.1 Å². The van der Waals surface area contributed by atoms with Crippen molar-refractivity contribution in [3.8, 4) is 0 Å². The third kappa shape index (κ3) is 1.72. The topological polar surface area (TPSA) is 79.5 Å². The molecule has 18 heavy (non-hydrogen) atoms. The van der Waals surface area contributed by atoms with E-state index in [-0.39, 0.29) is 10.6 Å². The molecule has 3 rings (SSSR count). The highest BCUT2D eigenvalue weighted by Gasteiger charge is 2.29. The van der Waals surface area contributed by atoms with Crippen molar-refractivity contribution in [3.05, 3.63) is 27.8 Å². The summed E-state index contributed by atoms with van der Waals surface area (Å²) in [4.78, 5) is 16.8. The first kappa shape index (κ1) is 11.4. The Morgan fingerprint density at radius 2 is 2.39 bits per heavy atom. The van der Waals surface area contributed by atoms with Crippen LogP contribution in [0.2, 0.25) is 0 Å². The highest BCUT2D eigenvalue weighted by atomic mass is 32.1. The molecular formula is C11H11N3O3S. The molecule has 2 aromatic rings. The molecule has 1 atom stereocenters. The second-order valence-electron chi connectivity index (χ2n) is 4.28. The monoisotopic (exact) mass is 265 g/mol. The standard InChI is InChI=1S/C11H11N3O3S/c15-7-3-4-13(5-7)8-1-2-9-10(12-6-18-9)11(8)14(16)17/h1-2,6-7,15H,3-5H2/t7-/m0/s1. The Morgan fingerprint density at radius 3 is 3.06 bits per heavy atom. The summed E-state index contributed by atoms with van der Waals surface area (Å²) in [5, 5.41) is 20.8. The van der Waals surface area contributed by atoms with Crippen molar-refractivity contribution in [3.63, 3.8) is 0 Å². The van der Waals surface area contributed by atoms with Crippen molar-refractivity contribution < 1.29 is 10.0 Å². The van der Waals surface area contributed by atoms with Crippen LogP contribution in [0.25, 0.3) is 10.2 Å². The molecule has 94 valence electrons. The van der Waals surface area contributed by atoms with Gasteiger partial charge in [-0.25, -0.2) is 4.98 Å². The molecule has 7 heteroatoms. The van der Waals surface area contributed by atoms with Gasteiger partial charge in [0.1, 0.15) is 5.69 Å². The summed E-state index contributed by atoms with van der Waals surface area (Å²) in [6, 6.07) is 3.59. The molecule has 1 N–H and O–H groups in total. The van der Waals surface area contributed by atoms with Crippen molar-refractivity contribution in [1.29, 1.82) is 0 Å². The number of thiazole rings is 1. The lowest BCUT2D eigenvalue weighted by Crippen LogP contribution is -2.22. The lowest BCUT2D eigenvalue weighted by atomic mass is 10.2. The van der Waals surface area contributed by atoms with Crippen LogP contribution in [-0.4, -0.2) is 34.2 Å². The highest BCUT2D eigenvalue weighted by Crippen LogP contribution is 2.37. The van der Waals surface area contributed by atoms with Gasteiger partial charge in [-0.1, -0.05) is 0 Å². The molecule has 1 aliphatic rings. The molecule has 0 aliphatic carbocycles. The largest absolute Gasteiger partial charge is 0.391 e. The summed E-state index contributed by atoms with van der Waals surface area (Å²) in [5.41, 5.74) is 2.64. The Labute approximate surface area is 107 Å². The number of nitrogens with zero attached hydrogens (tertiary/aromatic N) is 3. The Morgan fingerprint density at radius 1 is 1.56 bits per heavy atom. The van der Waals surface area contributed by atoms with Gasteiger partial charge < -0.3 is 10.0 Å². The van der Waals surface area contributed by atoms with Gasteiger partial charge in [-0.2, -0.15) is 0 Å². The summed E-state index contributed by atoms with van der Waals surface area (Å²) >= 11 is 1.39. The molecule has 0 unspecified atom stereocenters. The Kier molecular flexibility index (Phi) is 2.64. The molecule has 0 bridgehead atoms. The first-order valence-corrected chi connectivity index (χ1v) is 6.48. The van der Waals surface area contributed by atoms with Crippen LogP contribution in [0.1, 0.15) is 6.42 Å². The van der Waals surface area contributed by atoms with Crippen LogP contribution < -0.4 is 4.90 Å². The van der Waals surface area contributed by atoms with Gasteiger partial charge in [0, 0.05) is 13.1 Å². The third-order valence-electron chi connectivity index (χ3n) is 3.14. The molecule has 6 nitrogen and oxygen atoms in total. The maximum Gasteiger partial charge on any atom is 0.319 e. The molecule has 1 aliphatic heterocycles. The molecule has 2 heterocycles. The lowest BCUT2D eigenvalue weighted by Gasteiger charge is -2.17. The maximum absolute atomic E-state index is 11.3. The van der Waals surface area contributed by atoms with Gasteiger partial charge in [-0.05, 0) is 18.6 Å². The number of fused-ring (bicyclic) bond motifs is 1. The Hall–Kier alpha value is -1.73. The van der Waals surface area contributed by atoms with Gasteiger partial charge in [-0.15, -0.1) is 11.3 Å². The molecule has 0 radical (unpaired) electrons. The second kappa shape index (κ2) is 4.18. The summed E-state index contributed by atoms with van der Waals surface area (Å²) in [5.74, 6) is 0. The number of aliphatic hydroxyl groups excluding tert-OH is 1. The zero-order valence-corrected chi connectivity index (χ0v) is 10.3. The van der Waals surface area contributed by atoms with Crippen LogP contribution in [0.15, 0.2) is 17.6 Å². The van der Waals surface area contributed by atoms with E-state index in [1.165, 1.54) is 11.3 Å². The van der Waals surface area contributed by atoms with E-state index in [0.717, 1.165) is 4.70 Å². The summed E-state index contributed by atoms with van der Waals surface area (Å²) < 4.78 is 0.810. The highest BCUT2D eigenvalue weighted by molar-refractivity contribution is 7.16. The zero-order chi connectivity index (χ0) is 12.7. The number of aliphatic hydroxyl groups is 1. The van der Waals surface area contributed by atoms with Crippen molar-refractivity contribution in [1.82, 2.24) is 4.98 Å². The van der Waals surface area contributed by atoms with E-state index in [9.17, 15) is 15.2 Å². The minimum atomic E-state index is -0.407. The molecule has 1 aromatic heterocycles. The molecular weight excluding hydrogens is 254 g/mol. The first-order valence-electron chi connectivity index (χ1n) is 5.60. The number of nitro groups is 1. The normalized spacial score (nSPS) is 19.6. The summed E-state index contributed by atoms with van der Waals surface area (Å²) in [7, 11) is 0. The number of nitro benzene ring substituents is 1. The predicted molar refractivity (Wildman–Crippen MR) is 69.1 cm³/mol. The van der Waals surface area contributed by atoms with Crippen molar-refractivity contribution in [2.24, 2.45) is 0 Å². The van der Waals surface area contributed by atoms with Crippen LogP contribution >= 0.6 is 11.3 Å². The SMILES string of the molecule is O=[N+]([O-])c1c(N2CC[C@H](O)C2)ccc2scnc12. The number of hydrogen-bond acceptors (Lipinski definition) is 6. The van der Waals surface area contributed by atoms with Crippen LogP contribution in [0.3, 0.4) is 0 Å². The van der Waals surface area contributed by atoms with Crippen molar-refractivity contribution >= 4 is 32.9 Å². The average Bonchev–Trinajstić information content (AvgIpc) is 2.95. The van der Waals surface area contributed by atoms with E-state index >= 15 is 0 Å². The van der Waals surface area contributed by atoms with Crippen LogP contribution in [-0.2, 0) is 0 Å². The molecule has 0 amide bonds. The fourth-order valence-corrected chi connectivity index (χ4v) is 2.98. The van der Waals surface area contributed by atoms with Crippen LogP contribution in [0.4, 0.5) is 11.4 Å². The van der Waals surface area contributed by atoms with Crippen LogP contribution in [0, 0.1) is 10.1 Å². The van der Waals surface area contributed by atoms with Gasteiger partial charge in [0.05, 0.1) is 21.2 Å². The molecule has 1 fully saturated rings. The third-order valence-corrected chi connectivity index (χ3v) is 3.94. The molecule has 0 saturated carbocycles. The van der Waals surface area contributed by atoms with E-state index in [1.54, 1.807) is 11.6 Å². The van der Waals surface area contributed by atoms with Gasteiger partial charge in [0.2, 0.25) is 0 Å². The zero-order valence-electron chi connectivity index (χ0n) is 9.44. The van der Waals surface area contributed by atoms with Crippen molar-refractivity contribution in [2.45, 2.75) is 12.5 Å². The summed E-state index contributed by atoms with van der Waals surface area (Å²) in [6.45, 7) is 1.08. The van der Waals surface area contributed by atoms with E-state index < -0.39 is 6.10 Å². The molecule has 1 saturated heterocycles. The fourth-order valence-electron chi connectivity index (χ4n) is 2.30. The smallest absolute Gasteiger partial charge is 0.319 e. The number of rotatable bonds is 2. The second-order valence-corrected chi connectivity index (χ2v) is 5.16. The quantitative estimate of drug-likeness (QED) is 0.661.